The predicted octanol–water partition coefficient (Wildman–Crippen LogP) is 4.47. The zero-order valence-electron chi connectivity index (χ0n) is 11.4. The summed E-state index contributed by atoms with van der Waals surface area (Å²) in [5.74, 6) is 0. The summed E-state index contributed by atoms with van der Waals surface area (Å²) in [6, 6.07) is 0.910. The van der Waals surface area contributed by atoms with Gasteiger partial charge in [-0.3, -0.25) is 0 Å². The van der Waals surface area contributed by atoms with Gasteiger partial charge in [-0.2, -0.15) is 0 Å². The van der Waals surface area contributed by atoms with E-state index in [1.807, 2.05) is 13.8 Å². The van der Waals surface area contributed by atoms with Crippen LogP contribution in [0, 0.1) is 0 Å². The van der Waals surface area contributed by atoms with Gasteiger partial charge in [0.2, 0.25) is 0 Å². The van der Waals surface area contributed by atoms with Crippen LogP contribution in [0.25, 0.3) is 0 Å². The van der Waals surface area contributed by atoms with Crippen molar-refractivity contribution in [3.8, 4) is 0 Å². The molecule has 0 N–H and O–H groups in total. The zero-order valence-corrected chi connectivity index (χ0v) is 11.4. The third-order valence-electron chi connectivity index (χ3n) is 3.26. The van der Waals surface area contributed by atoms with Crippen molar-refractivity contribution in [2.45, 2.75) is 78.7 Å². The number of hydrogen-bond acceptors (Lipinski definition) is 1. The van der Waals surface area contributed by atoms with E-state index < -0.39 is 0 Å². The van der Waals surface area contributed by atoms with Crippen molar-refractivity contribution >= 4 is 0 Å². The van der Waals surface area contributed by atoms with Gasteiger partial charge in [0, 0.05) is 6.04 Å². The molecule has 0 amide bonds. The highest BCUT2D eigenvalue weighted by atomic mass is 15.1. The van der Waals surface area contributed by atoms with Crippen LogP contribution in [0.5, 0.6) is 0 Å². The summed E-state index contributed by atoms with van der Waals surface area (Å²) in [4.78, 5) is 2.69. The van der Waals surface area contributed by atoms with E-state index in [2.05, 4.69) is 18.7 Å². The minimum Gasteiger partial charge on any atom is -0.301 e. The van der Waals surface area contributed by atoms with E-state index >= 15 is 0 Å². The van der Waals surface area contributed by atoms with Crippen molar-refractivity contribution in [2.75, 3.05) is 13.1 Å². The van der Waals surface area contributed by atoms with Gasteiger partial charge < -0.3 is 4.90 Å². The minimum atomic E-state index is 0.910. The second kappa shape index (κ2) is 10.5. The fraction of sp³-hybridized carbons (Fsp3) is 1.00. The molecule has 0 bridgehead atoms. The van der Waals surface area contributed by atoms with Crippen LogP contribution < -0.4 is 0 Å². The van der Waals surface area contributed by atoms with Crippen LogP contribution >= 0.6 is 0 Å². The van der Waals surface area contributed by atoms with Crippen LogP contribution in [0.1, 0.15) is 72.6 Å². The third-order valence-corrected chi connectivity index (χ3v) is 3.26. The number of hydrogen-bond donors (Lipinski definition) is 0. The van der Waals surface area contributed by atoms with Gasteiger partial charge in [0.1, 0.15) is 0 Å². The summed E-state index contributed by atoms with van der Waals surface area (Å²) in [5.41, 5.74) is 0. The lowest BCUT2D eigenvalue weighted by atomic mass is 10.1. The second-order valence-electron chi connectivity index (χ2n) is 4.27. The molecule has 92 valence electrons. The lowest BCUT2D eigenvalue weighted by Crippen LogP contribution is -2.35. The largest absolute Gasteiger partial charge is 0.301 e. The minimum absolute atomic E-state index is 0.910. The highest BCUT2D eigenvalue weighted by molar-refractivity contribution is 4.73. The topological polar surface area (TPSA) is 3.24 Å². The molecule has 0 aromatic rings. The Morgan fingerprint density at radius 2 is 1.47 bits per heavy atom. The molecule has 0 unspecified atom stereocenters. The number of nitrogens with zero attached hydrogens (tertiary/aromatic N) is 1. The molecule has 1 fully saturated rings. The summed E-state index contributed by atoms with van der Waals surface area (Å²) in [6.45, 7) is 11.2. The van der Waals surface area contributed by atoms with Crippen molar-refractivity contribution in [3.05, 3.63) is 0 Å². The quantitative estimate of drug-likeness (QED) is 0.623. The molecule has 1 rings (SSSR count). The Balaban J connectivity index is 0.000000921. The van der Waals surface area contributed by atoms with E-state index in [1.165, 1.54) is 58.0 Å². The first kappa shape index (κ1) is 15.0. The second-order valence-corrected chi connectivity index (χ2v) is 4.27. The van der Waals surface area contributed by atoms with E-state index in [0.29, 0.717) is 0 Å². The van der Waals surface area contributed by atoms with Gasteiger partial charge in [-0.25, -0.2) is 0 Å². The lowest BCUT2D eigenvalue weighted by Gasteiger charge is -2.29. The van der Waals surface area contributed by atoms with Gasteiger partial charge in [-0.05, 0) is 32.4 Å². The molecule has 0 atom stereocenters. The van der Waals surface area contributed by atoms with Gasteiger partial charge in [0.15, 0.2) is 0 Å². The summed E-state index contributed by atoms with van der Waals surface area (Å²) in [6.07, 6.45) is 10.1. The standard InChI is InChI=1S/C12H25N.C2H6/c1-3-11-13(4-2)12-9-7-5-6-8-10-12;1-2/h12H,3-11H2,1-2H3;1-2H3. The maximum Gasteiger partial charge on any atom is 0.00951 e. The lowest BCUT2D eigenvalue weighted by molar-refractivity contribution is 0.188. The Labute approximate surface area is 97.2 Å². The molecular weight excluding hydrogens is 182 g/mol. The average molecular weight is 213 g/mol. The molecule has 0 heterocycles. The molecule has 1 saturated carbocycles. The highest BCUT2D eigenvalue weighted by Gasteiger charge is 2.17. The molecule has 15 heavy (non-hydrogen) atoms. The smallest absolute Gasteiger partial charge is 0.00951 e. The van der Waals surface area contributed by atoms with E-state index in [4.69, 9.17) is 0 Å². The summed E-state index contributed by atoms with van der Waals surface area (Å²) >= 11 is 0. The Morgan fingerprint density at radius 3 is 1.87 bits per heavy atom. The maximum atomic E-state index is 2.69. The Morgan fingerprint density at radius 1 is 0.933 bits per heavy atom. The van der Waals surface area contributed by atoms with Crippen LogP contribution in [0.2, 0.25) is 0 Å². The molecule has 0 radical (unpaired) electrons. The Hall–Kier alpha value is -0.0400. The summed E-state index contributed by atoms with van der Waals surface area (Å²) in [5, 5.41) is 0. The molecule has 0 aliphatic heterocycles. The molecule has 0 aromatic heterocycles. The van der Waals surface area contributed by atoms with Crippen molar-refractivity contribution in [2.24, 2.45) is 0 Å². The van der Waals surface area contributed by atoms with Gasteiger partial charge >= 0.3 is 0 Å². The highest BCUT2D eigenvalue weighted by Crippen LogP contribution is 2.21. The van der Waals surface area contributed by atoms with Gasteiger partial charge in [0.25, 0.3) is 0 Å². The maximum absolute atomic E-state index is 2.69. The first-order valence-corrected chi connectivity index (χ1v) is 7.12. The van der Waals surface area contributed by atoms with Crippen LogP contribution in [0.4, 0.5) is 0 Å². The van der Waals surface area contributed by atoms with Crippen molar-refractivity contribution in [1.82, 2.24) is 4.90 Å². The fourth-order valence-electron chi connectivity index (χ4n) is 2.51. The van der Waals surface area contributed by atoms with Crippen LogP contribution in [0.15, 0.2) is 0 Å². The Kier molecular flexibility index (Phi) is 10.4. The van der Waals surface area contributed by atoms with Crippen LogP contribution in [-0.4, -0.2) is 24.0 Å². The van der Waals surface area contributed by atoms with Gasteiger partial charge in [-0.15, -0.1) is 0 Å². The first-order valence-electron chi connectivity index (χ1n) is 7.12. The molecule has 1 nitrogen and oxygen atoms in total. The first-order chi connectivity index (χ1) is 7.38. The van der Waals surface area contributed by atoms with Crippen LogP contribution in [0.3, 0.4) is 0 Å². The summed E-state index contributed by atoms with van der Waals surface area (Å²) in [7, 11) is 0. The predicted molar refractivity (Wildman–Crippen MR) is 70.4 cm³/mol. The Bertz CT molecular complexity index is 115. The molecular formula is C14H31N. The van der Waals surface area contributed by atoms with Crippen LogP contribution in [-0.2, 0) is 0 Å². The van der Waals surface area contributed by atoms with Gasteiger partial charge in [0.05, 0.1) is 0 Å². The SMILES string of the molecule is CC.CCCN(CC)C1CCCCCC1. The molecule has 1 aliphatic rings. The van der Waals surface area contributed by atoms with E-state index in [9.17, 15) is 0 Å². The number of rotatable bonds is 4. The van der Waals surface area contributed by atoms with E-state index in [0.717, 1.165) is 6.04 Å². The molecule has 0 saturated heterocycles. The normalized spacial score (nSPS) is 18.2. The van der Waals surface area contributed by atoms with Crippen molar-refractivity contribution in [3.63, 3.8) is 0 Å². The van der Waals surface area contributed by atoms with Gasteiger partial charge in [-0.1, -0.05) is 53.4 Å². The fourth-order valence-corrected chi connectivity index (χ4v) is 2.51. The zero-order chi connectivity index (χ0) is 11.5. The van der Waals surface area contributed by atoms with Crippen molar-refractivity contribution in [1.29, 1.82) is 0 Å². The third kappa shape index (κ3) is 6.19. The average Bonchev–Trinajstić information content (AvgIpc) is 2.57. The van der Waals surface area contributed by atoms with E-state index in [1.54, 1.807) is 0 Å². The van der Waals surface area contributed by atoms with Crippen molar-refractivity contribution < 1.29 is 0 Å². The molecule has 1 aliphatic carbocycles. The van der Waals surface area contributed by atoms with E-state index in [-0.39, 0.29) is 0 Å². The molecule has 1 heteroatoms. The molecule has 0 spiro atoms. The monoisotopic (exact) mass is 213 g/mol. The summed E-state index contributed by atoms with van der Waals surface area (Å²) < 4.78 is 0. The molecule has 0 aromatic carbocycles.